The van der Waals surface area contributed by atoms with Crippen molar-refractivity contribution in [1.29, 1.82) is 0 Å². The van der Waals surface area contributed by atoms with Gasteiger partial charge in [-0.05, 0) is 43.4 Å². The van der Waals surface area contributed by atoms with E-state index in [0.717, 1.165) is 62.4 Å². The van der Waals surface area contributed by atoms with Gasteiger partial charge in [-0.2, -0.15) is 0 Å². The number of nitrogens with one attached hydrogen (secondary N) is 2. The average Bonchev–Trinajstić information content (AvgIpc) is 2.54. The molecule has 1 amide bonds. The number of anilines is 2. The minimum Gasteiger partial charge on any atom is -0.396 e. The van der Waals surface area contributed by atoms with Crippen molar-refractivity contribution in [3.05, 3.63) is 23.8 Å². The maximum absolute atomic E-state index is 12.7. The predicted molar refractivity (Wildman–Crippen MR) is 83.8 cm³/mol. The van der Waals surface area contributed by atoms with Gasteiger partial charge >= 0.3 is 0 Å². The van der Waals surface area contributed by atoms with Gasteiger partial charge in [0.2, 0.25) is 0 Å². The molecule has 114 valence electrons. The largest absolute Gasteiger partial charge is 0.396 e. The Labute approximate surface area is 125 Å². The maximum Gasteiger partial charge on any atom is 0.253 e. The van der Waals surface area contributed by atoms with Crippen molar-refractivity contribution in [2.45, 2.75) is 19.3 Å². The Bertz CT molecular complexity index is 516. The lowest BCUT2D eigenvalue weighted by atomic mass is 9.94. The van der Waals surface area contributed by atoms with Crippen molar-refractivity contribution in [2.75, 3.05) is 43.4 Å². The summed E-state index contributed by atoms with van der Waals surface area (Å²) in [4.78, 5) is 14.6. The zero-order chi connectivity index (χ0) is 14.7. The van der Waals surface area contributed by atoms with E-state index in [9.17, 15) is 4.79 Å². The second-order valence-corrected chi connectivity index (χ2v) is 5.89. The Kier molecular flexibility index (Phi) is 4.29. The van der Waals surface area contributed by atoms with E-state index in [1.54, 1.807) is 0 Å². The van der Waals surface area contributed by atoms with Crippen molar-refractivity contribution in [3.63, 3.8) is 0 Å². The van der Waals surface area contributed by atoms with Gasteiger partial charge < -0.3 is 20.6 Å². The number of benzene rings is 1. The molecule has 2 aliphatic rings. The van der Waals surface area contributed by atoms with Crippen LogP contribution in [0, 0.1) is 5.92 Å². The van der Waals surface area contributed by atoms with Gasteiger partial charge in [0.25, 0.3) is 5.91 Å². The van der Waals surface area contributed by atoms with Crippen LogP contribution in [0.5, 0.6) is 0 Å². The van der Waals surface area contributed by atoms with Crippen LogP contribution in [0.25, 0.3) is 0 Å². The first-order valence-electron chi connectivity index (χ1n) is 7.80. The second kappa shape index (κ2) is 6.35. The van der Waals surface area contributed by atoms with Gasteiger partial charge in [-0.15, -0.1) is 0 Å². The Morgan fingerprint density at radius 3 is 2.90 bits per heavy atom. The topological polar surface area (TPSA) is 64.6 Å². The number of hydrogen-bond donors (Lipinski definition) is 3. The Hall–Kier alpha value is -1.75. The summed E-state index contributed by atoms with van der Waals surface area (Å²) < 4.78 is 0. The van der Waals surface area contributed by atoms with E-state index in [1.165, 1.54) is 0 Å². The summed E-state index contributed by atoms with van der Waals surface area (Å²) in [6, 6.07) is 5.82. The zero-order valence-electron chi connectivity index (χ0n) is 12.3. The van der Waals surface area contributed by atoms with E-state index >= 15 is 0 Å². The quantitative estimate of drug-likeness (QED) is 0.793. The van der Waals surface area contributed by atoms with Gasteiger partial charge in [0, 0.05) is 38.3 Å². The molecule has 0 aliphatic carbocycles. The molecule has 5 nitrogen and oxygen atoms in total. The van der Waals surface area contributed by atoms with Crippen LogP contribution in [0.3, 0.4) is 0 Å². The van der Waals surface area contributed by atoms with E-state index in [4.69, 9.17) is 5.11 Å². The van der Waals surface area contributed by atoms with E-state index in [-0.39, 0.29) is 12.5 Å². The lowest BCUT2D eigenvalue weighted by Crippen LogP contribution is -2.40. The first-order valence-corrected chi connectivity index (χ1v) is 7.80. The first-order chi connectivity index (χ1) is 10.3. The van der Waals surface area contributed by atoms with Gasteiger partial charge in [0.15, 0.2) is 0 Å². The third-order valence-corrected chi connectivity index (χ3v) is 4.37. The monoisotopic (exact) mass is 289 g/mol. The number of amides is 1. The highest BCUT2D eigenvalue weighted by Gasteiger charge is 2.24. The van der Waals surface area contributed by atoms with E-state index in [2.05, 4.69) is 10.6 Å². The smallest absolute Gasteiger partial charge is 0.253 e. The van der Waals surface area contributed by atoms with Gasteiger partial charge in [-0.25, -0.2) is 0 Å². The summed E-state index contributed by atoms with van der Waals surface area (Å²) in [5, 5.41) is 15.7. The van der Waals surface area contributed by atoms with Crippen LogP contribution in [0.2, 0.25) is 0 Å². The lowest BCUT2D eigenvalue weighted by Gasteiger charge is -2.33. The van der Waals surface area contributed by atoms with Crippen LogP contribution >= 0.6 is 0 Å². The summed E-state index contributed by atoms with van der Waals surface area (Å²) >= 11 is 0. The molecule has 1 aromatic rings. The number of rotatable bonds is 3. The van der Waals surface area contributed by atoms with Gasteiger partial charge in [-0.3, -0.25) is 4.79 Å². The van der Waals surface area contributed by atoms with Crippen LogP contribution < -0.4 is 10.6 Å². The molecule has 1 fully saturated rings. The highest BCUT2D eigenvalue weighted by molar-refractivity contribution is 5.96. The minimum atomic E-state index is 0.104. The number of fused-ring (bicyclic) bond motifs is 1. The molecule has 0 saturated carbocycles. The molecule has 0 spiro atoms. The van der Waals surface area contributed by atoms with Crippen LogP contribution in [-0.2, 0) is 0 Å². The van der Waals surface area contributed by atoms with Gasteiger partial charge in [-0.1, -0.05) is 0 Å². The molecule has 3 N–H and O–H groups in total. The highest BCUT2D eigenvalue weighted by atomic mass is 16.3. The molecule has 1 unspecified atom stereocenters. The molecule has 5 heteroatoms. The molecule has 0 aromatic heterocycles. The zero-order valence-corrected chi connectivity index (χ0v) is 12.3. The van der Waals surface area contributed by atoms with Gasteiger partial charge in [0.1, 0.15) is 0 Å². The lowest BCUT2D eigenvalue weighted by molar-refractivity contribution is 0.0653. The predicted octanol–water partition coefficient (Wildman–Crippen LogP) is 1.76. The van der Waals surface area contributed by atoms with E-state index in [1.807, 2.05) is 23.1 Å². The van der Waals surface area contributed by atoms with Crippen LogP contribution in [0.4, 0.5) is 11.4 Å². The Morgan fingerprint density at radius 2 is 2.10 bits per heavy atom. The van der Waals surface area contributed by atoms with Crippen molar-refractivity contribution in [2.24, 2.45) is 5.92 Å². The third-order valence-electron chi connectivity index (χ3n) is 4.37. The van der Waals surface area contributed by atoms with E-state index in [0.29, 0.717) is 5.92 Å². The van der Waals surface area contributed by atoms with Crippen LogP contribution in [0.15, 0.2) is 18.2 Å². The number of likely N-dealkylation sites (tertiary alicyclic amines) is 1. The summed E-state index contributed by atoms with van der Waals surface area (Å²) in [6.07, 6.45) is 2.93. The number of hydrogen-bond acceptors (Lipinski definition) is 4. The fourth-order valence-corrected chi connectivity index (χ4v) is 3.22. The number of aliphatic hydroxyl groups excluding tert-OH is 1. The normalized spacial score (nSPS) is 21.2. The molecule has 2 aliphatic heterocycles. The summed E-state index contributed by atoms with van der Waals surface area (Å²) in [6.45, 7) is 3.59. The molecule has 1 saturated heterocycles. The van der Waals surface area contributed by atoms with Crippen LogP contribution in [-0.4, -0.2) is 48.7 Å². The molecule has 1 aromatic carbocycles. The molecule has 3 rings (SSSR count). The van der Waals surface area contributed by atoms with Crippen molar-refractivity contribution < 1.29 is 9.90 Å². The van der Waals surface area contributed by atoms with Crippen LogP contribution in [0.1, 0.15) is 29.6 Å². The number of piperidine rings is 1. The molecule has 0 bridgehead atoms. The number of aliphatic hydroxyl groups is 1. The Balaban J connectivity index is 1.72. The van der Waals surface area contributed by atoms with Crippen molar-refractivity contribution >= 4 is 17.3 Å². The summed E-state index contributed by atoms with van der Waals surface area (Å²) in [7, 11) is 0. The average molecular weight is 289 g/mol. The fourth-order valence-electron chi connectivity index (χ4n) is 3.22. The molecule has 21 heavy (non-hydrogen) atoms. The first kappa shape index (κ1) is 14.2. The SMILES string of the molecule is O=C(c1ccc2c(c1)NCCN2)N1CCCC(CCO)C1. The second-order valence-electron chi connectivity index (χ2n) is 5.89. The van der Waals surface area contributed by atoms with Gasteiger partial charge in [0.05, 0.1) is 11.4 Å². The molecule has 1 atom stereocenters. The van der Waals surface area contributed by atoms with Crippen molar-refractivity contribution in [3.8, 4) is 0 Å². The van der Waals surface area contributed by atoms with Crippen molar-refractivity contribution in [1.82, 2.24) is 4.90 Å². The number of carbonyl (C=O) groups is 1. The third kappa shape index (κ3) is 3.13. The summed E-state index contributed by atoms with van der Waals surface area (Å²) in [5.74, 6) is 0.540. The molecular weight excluding hydrogens is 266 g/mol. The molecule has 0 radical (unpaired) electrons. The summed E-state index contributed by atoms with van der Waals surface area (Å²) in [5.41, 5.74) is 2.82. The number of nitrogens with zero attached hydrogens (tertiary/aromatic N) is 1. The molecular formula is C16H23N3O2. The fraction of sp³-hybridized carbons (Fsp3) is 0.562. The maximum atomic E-state index is 12.7. The number of carbonyl (C=O) groups excluding carboxylic acids is 1. The Morgan fingerprint density at radius 1 is 1.29 bits per heavy atom. The standard InChI is InChI=1S/C16H23N3O2/c20-9-5-12-2-1-8-19(11-12)16(21)13-3-4-14-15(10-13)18-7-6-17-14/h3-4,10,12,17-18,20H,1-2,5-9,11H2. The highest BCUT2D eigenvalue weighted by Crippen LogP contribution is 2.27. The van der Waals surface area contributed by atoms with E-state index < -0.39 is 0 Å². The molecule has 2 heterocycles. The minimum absolute atomic E-state index is 0.104.